The van der Waals surface area contributed by atoms with E-state index in [2.05, 4.69) is 20.9 Å². The molecule has 2 saturated heterocycles. The fourth-order valence-corrected chi connectivity index (χ4v) is 4.37. The number of nitrogens with one attached hydrogen (secondary N) is 1. The Morgan fingerprint density at radius 1 is 1.23 bits per heavy atom. The zero-order chi connectivity index (χ0) is 17.5. The molecule has 0 aliphatic carbocycles. The van der Waals surface area contributed by atoms with Gasteiger partial charge < -0.3 is 9.88 Å². The van der Waals surface area contributed by atoms with Crippen molar-refractivity contribution in [2.75, 3.05) is 19.6 Å². The number of H-pyrrole nitrogens is 1. The van der Waals surface area contributed by atoms with Crippen LogP contribution >= 0.6 is 0 Å². The number of carbonyl (C=O) groups is 1. The van der Waals surface area contributed by atoms with E-state index in [0.717, 1.165) is 55.0 Å². The first kappa shape index (κ1) is 15.6. The molecule has 5 rings (SSSR count). The van der Waals surface area contributed by atoms with Crippen LogP contribution in [0.2, 0.25) is 0 Å². The number of piperidine rings is 1. The molecule has 2 atom stereocenters. The second-order valence-electron chi connectivity index (χ2n) is 7.44. The number of fused-ring (bicyclic) bond motifs is 2. The summed E-state index contributed by atoms with van der Waals surface area (Å²) >= 11 is 0. The minimum absolute atomic E-state index is 0.153. The summed E-state index contributed by atoms with van der Waals surface area (Å²) < 4.78 is 0. The van der Waals surface area contributed by atoms with Crippen molar-refractivity contribution < 1.29 is 4.79 Å². The predicted octanol–water partition coefficient (Wildman–Crippen LogP) is 2.91. The molecule has 0 spiro atoms. The lowest BCUT2D eigenvalue weighted by atomic mass is 9.82. The van der Waals surface area contributed by atoms with Gasteiger partial charge in [0.25, 0.3) is 5.91 Å². The van der Waals surface area contributed by atoms with E-state index in [1.165, 1.54) is 5.56 Å². The van der Waals surface area contributed by atoms with E-state index < -0.39 is 0 Å². The molecule has 2 aliphatic rings. The summed E-state index contributed by atoms with van der Waals surface area (Å²) in [7, 11) is 0. The third kappa shape index (κ3) is 2.69. The molecule has 3 aromatic rings. The Morgan fingerprint density at radius 3 is 3.08 bits per heavy atom. The van der Waals surface area contributed by atoms with Gasteiger partial charge in [0.2, 0.25) is 0 Å². The average molecular weight is 346 g/mol. The van der Waals surface area contributed by atoms with Gasteiger partial charge in [-0.3, -0.25) is 14.7 Å². The quantitative estimate of drug-likeness (QED) is 0.793. The Bertz CT molecular complexity index is 935. The SMILES string of the molecule is O=C(c1ccc2[nH]ccc2c1)N1CC[C@@H]2CN(Cc3cccnc3)[C@@H]2C1. The molecule has 5 heteroatoms. The molecule has 2 fully saturated rings. The van der Waals surface area contributed by atoms with Crippen LogP contribution in [0.5, 0.6) is 0 Å². The molecule has 0 radical (unpaired) electrons. The van der Waals surface area contributed by atoms with E-state index in [-0.39, 0.29) is 5.91 Å². The summed E-state index contributed by atoms with van der Waals surface area (Å²) in [5.74, 6) is 0.877. The molecule has 2 aromatic heterocycles. The van der Waals surface area contributed by atoms with Gasteiger partial charge in [0, 0.05) is 67.3 Å². The fraction of sp³-hybridized carbons (Fsp3) is 0.333. The summed E-state index contributed by atoms with van der Waals surface area (Å²) in [6.07, 6.45) is 6.76. The number of hydrogen-bond donors (Lipinski definition) is 1. The highest BCUT2D eigenvalue weighted by Gasteiger charge is 2.43. The number of nitrogens with zero attached hydrogens (tertiary/aromatic N) is 3. The first-order valence-electron chi connectivity index (χ1n) is 9.27. The van der Waals surface area contributed by atoms with Gasteiger partial charge in [0.1, 0.15) is 0 Å². The van der Waals surface area contributed by atoms with E-state index in [0.29, 0.717) is 6.04 Å². The maximum atomic E-state index is 13.0. The number of aromatic amines is 1. The second kappa shape index (κ2) is 6.25. The Morgan fingerprint density at radius 2 is 2.19 bits per heavy atom. The monoisotopic (exact) mass is 346 g/mol. The van der Waals surface area contributed by atoms with Gasteiger partial charge in [-0.15, -0.1) is 0 Å². The number of amides is 1. The Labute approximate surface area is 152 Å². The number of carbonyl (C=O) groups excluding carboxylic acids is 1. The third-order valence-electron chi connectivity index (χ3n) is 5.86. The van der Waals surface area contributed by atoms with E-state index in [1.807, 2.05) is 53.8 Å². The number of pyridine rings is 1. The van der Waals surface area contributed by atoms with Crippen LogP contribution in [0.25, 0.3) is 10.9 Å². The van der Waals surface area contributed by atoms with Crippen molar-refractivity contribution >= 4 is 16.8 Å². The molecule has 2 aliphatic heterocycles. The van der Waals surface area contributed by atoms with Crippen molar-refractivity contribution in [2.24, 2.45) is 5.92 Å². The zero-order valence-electron chi connectivity index (χ0n) is 14.6. The smallest absolute Gasteiger partial charge is 0.253 e. The Hall–Kier alpha value is -2.66. The van der Waals surface area contributed by atoms with Gasteiger partial charge in [-0.05, 0) is 48.2 Å². The largest absolute Gasteiger partial charge is 0.361 e. The number of aromatic nitrogens is 2. The van der Waals surface area contributed by atoms with E-state index in [9.17, 15) is 4.79 Å². The highest BCUT2D eigenvalue weighted by molar-refractivity contribution is 5.98. The molecule has 0 bridgehead atoms. The van der Waals surface area contributed by atoms with Crippen LogP contribution in [0.3, 0.4) is 0 Å². The predicted molar refractivity (Wildman–Crippen MR) is 101 cm³/mol. The maximum Gasteiger partial charge on any atom is 0.253 e. The molecule has 0 unspecified atom stereocenters. The molecule has 26 heavy (non-hydrogen) atoms. The first-order valence-corrected chi connectivity index (χ1v) is 9.27. The van der Waals surface area contributed by atoms with Gasteiger partial charge in [-0.1, -0.05) is 6.07 Å². The summed E-state index contributed by atoms with van der Waals surface area (Å²) in [4.78, 5) is 24.9. The molecule has 1 N–H and O–H groups in total. The fourth-order valence-electron chi connectivity index (χ4n) is 4.37. The zero-order valence-corrected chi connectivity index (χ0v) is 14.6. The lowest BCUT2D eigenvalue weighted by Gasteiger charge is -2.53. The van der Waals surface area contributed by atoms with Crippen molar-refractivity contribution in [1.82, 2.24) is 19.8 Å². The molecule has 0 saturated carbocycles. The molecule has 4 heterocycles. The van der Waals surface area contributed by atoms with E-state index >= 15 is 0 Å². The molecule has 132 valence electrons. The van der Waals surface area contributed by atoms with Crippen LogP contribution in [0.4, 0.5) is 0 Å². The minimum atomic E-state index is 0.153. The number of benzene rings is 1. The van der Waals surface area contributed by atoms with Crippen molar-refractivity contribution in [3.63, 3.8) is 0 Å². The van der Waals surface area contributed by atoms with Crippen LogP contribution in [0.1, 0.15) is 22.3 Å². The highest BCUT2D eigenvalue weighted by Crippen LogP contribution is 2.34. The van der Waals surface area contributed by atoms with Crippen LogP contribution in [0.15, 0.2) is 55.0 Å². The van der Waals surface area contributed by atoms with E-state index in [4.69, 9.17) is 0 Å². The lowest BCUT2D eigenvalue weighted by molar-refractivity contribution is -0.0427. The summed E-state index contributed by atoms with van der Waals surface area (Å²) in [5.41, 5.74) is 3.10. The van der Waals surface area contributed by atoms with Gasteiger partial charge in [0.15, 0.2) is 0 Å². The number of likely N-dealkylation sites (tertiary alicyclic amines) is 2. The first-order chi connectivity index (χ1) is 12.8. The molecular weight excluding hydrogens is 324 g/mol. The minimum Gasteiger partial charge on any atom is -0.361 e. The van der Waals surface area contributed by atoms with Crippen LogP contribution in [0, 0.1) is 5.92 Å². The Balaban J connectivity index is 1.29. The van der Waals surface area contributed by atoms with Crippen LogP contribution in [-0.4, -0.2) is 51.4 Å². The van der Waals surface area contributed by atoms with Crippen molar-refractivity contribution in [2.45, 2.75) is 19.0 Å². The Kier molecular flexibility index (Phi) is 3.75. The molecule has 5 nitrogen and oxygen atoms in total. The number of rotatable bonds is 3. The van der Waals surface area contributed by atoms with Crippen molar-refractivity contribution in [1.29, 1.82) is 0 Å². The standard InChI is InChI=1S/C21H22N4O/c26-21(17-3-4-19-16(10-17)5-8-23-19)24-9-6-18-13-25(20(18)14-24)12-15-2-1-7-22-11-15/h1-5,7-8,10-11,18,20,23H,6,9,12-14H2/t18-,20-/m1/s1. The summed E-state index contributed by atoms with van der Waals surface area (Å²) in [6.45, 7) is 3.75. The summed E-state index contributed by atoms with van der Waals surface area (Å²) in [5, 5.41) is 1.09. The van der Waals surface area contributed by atoms with Gasteiger partial charge in [-0.25, -0.2) is 0 Å². The number of hydrogen-bond acceptors (Lipinski definition) is 3. The average Bonchev–Trinajstić information content (AvgIpc) is 3.14. The second-order valence-corrected chi connectivity index (χ2v) is 7.44. The van der Waals surface area contributed by atoms with Gasteiger partial charge in [-0.2, -0.15) is 0 Å². The topological polar surface area (TPSA) is 52.2 Å². The highest BCUT2D eigenvalue weighted by atomic mass is 16.2. The van der Waals surface area contributed by atoms with E-state index in [1.54, 1.807) is 0 Å². The molecule has 1 amide bonds. The van der Waals surface area contributed by atoms with Gasteiger partial charge in [0.05, 0.1) is 0 Å². The van der Waals surface area contributed by atoms with Crippen LogP contribution < -0.4 is 0 Å². The molecule has 1 aromatic carbocycles. The van der Waals surface area contributed by atoms with Crippen molar-refractivity contribution in [3.8, 4) is 0 Å². The normalized spacial score (nSPS) is 22.8. The van der Waals surface area contributed by atoms with Gasteiger partial charge >= 0.3 is 0 Å². The van der Waals surface area contributed by atoms with Crippen molar-refractivity contribution in [3.05, 3.63) is 66.1 Å². The molecular formula is C21H22N4O. The summed E-state index contributed by atoms with van der Waals surface area (Å²) in [6, 6.07) is 12.5. The third-order valence-corrected chi connectivity index (χ3v) is 5.86. The maximum absolute atomic E-state index is 13.0. The lowest BCUT2D eigenvalue weighted by Crippen LogP contribution is -2.64. The van der Waals surface area contributed by atoms with Crippen LogP contribution in [-0.2, 0) is 6.54 Å².